The Kier molecular flexibility index (Phi) is 4.43. The summed E-state index contributed by atoms with van der Waals surface area (Å²) in [6.07, 6.45) is 0.976. The topological polar surface area (TPSA) is 26.3 Å². The van der Waals surface area contributed by atoms with Crippen molar-refractivity contribution in [3.05, 3.63) is 35.1 Å². The van der Waals surface area contributed by atoms with Crippen molar-refractivity contribution in [3.63, 3.8) is 0 Å². The molecule has 0 bridgehead atoms. The van der Waals surface area contributed by atoms with Crippen LogP contribution in [-0.4, -0.2) is 19.5 Å². The Balaban J connectivity index is 2.57. The summed E-state index contributed by atoms with van der Waals surface area (Å²) in [5.74, 6) is -0.212. The van der Waals surface area contributed by atoms with Gasteiger partial charge in [0.05, 0.1) is 0 Å². The molecule has 0 saturated carbocycles. The largest absolute Gasteiger partial charge is 0.377 e. The van der Waals surface area contributed by atoms with E-state index in [4.69, 9.17) is 4.74 Å². The number of hydrogen-bond acceptors (Lipinski definition) is 2. The number of Topliss-reactive ketones (excluding diaryl/α,β-unsaturated/α-hetero) is 1. The second kappa shape index (κ2) is 5.61. The van der Waals surface area contributed by atoms with Gasteiger partial charge in [-0.15, -0.1) is 0 Å². The van der Waals surface area contributed by atoms with E-state index in [0.29, 0.717) is 12.8 Å². The van der Waals surface area contributed by atoms with Crippen molar-refractivity contribution in [2.75, 3.05) is 13.7 Å². The van der Waals surface area contributed by atoms with Crippen LogP contribution in [-0.2, 0) is 16.0 Å². The SMILES string of the molecule is COCC(=O)CCc1cc(F)ccc1C. The van der Waals surface area contributed by atoms with Gasteiger partial charge in [0.25, 0.3) is 0 Å². The number of aryl methyl sites for hydroxylation is 2. The molecule has 0 N–H and O–H groups in total. The first-order valence-electron chi connectivity index (χ1n) is 4.89. The Morgan fingerprint density at radius 1 is 1.47 bits per heavy atom. The Morgan fingerprint density at radius 2 is 2.20 bits per heavy atom. The van der Waals surface area contributed by atoms with Gasteiger partial charge in [0.2, 0.25) is 0 Å². The summed E-state index contributed by atoms with van der Waals surface area (Å²) < 4.78 is 17.6. The van der Waals surface area contributed by atoms with Crippen LogP contribution in [0.15, 0.2) is 18.2 Å². The first kappa shape index (κ1) is 11.9. The standard InChI is InChI=1S/C12H15FO2/c1-9-3-5-11(13)7-10(9)4-6-12(14)8-15-2/h3,5,7H,4,6,8H2,1-2H3. The van der Waals surface area contributed by atoms with Gasteiger partial charge in [-0.05, 0) is 36.6 Å². The number of ketones is 1. The Bertz CT molecular complexity index is 347. The summed E-state index contributed by atoms with van der Waals surface area (Å²) in [6.45, 7) is 2.05. The maximum Gasteiger partial charge on any atom is 0.158 e. The number of benzene rings is 1. The summed E-state index contributed by atoms with van der Waals surface area (Å²) in [5, 5.41) is 0. The Morgan fingerprint density at radius 3 is 2.87 bits per heavy atom. The quantitative estimate of drug-likeness (QED) is 0.745. The summed E-state index contributed by atoms with van der Waals surface area (Å²) in [4.78, 5) is 11.2. The van der Waals surface area contributed by atoms with Crippen LogP contribution in [0.1, 0.15) is 17.5 Å². The highest BCUT2D eigenvalue weighted by Gasteiger charge is 2.05. The van der Waals surface area contributed by atoms with Crippen LogP contribution in [0.5, 0.6) is 0 Å². The van der Waals surface area contributed by atoms with E-state index in [1.807, 2.05) is 6.92 Å². The zero-order valence-corrected chi connectivity index (χ0v) is 9.05. The number of rotatable bonds is 5. The fourth-order valence-corrected chi connectivity index (χ4v) is 1.42. The Labute approximate surface area is 89.1 Å². The monoisotopic (exact) mass is 210 g/mol. The number of ether oxygens (including phenoxy) is 1. The van der Waals surface area contributed by atoms with Crippen LogP contribution in [0.2, 0.25) is 0 Å². The highest BCUT2D eigenvalue weighted by molar-refractivity contribution is 5.79. The Hall–Kier alpha value is -1.22. The molecule has 0 aliphatic rings. The van der Waals surface area contributed by atoms with Crippen molar-refractivity contribution >= 4 is 5.78 Å². The zero-order valence-electron chi connectivity index (χ0n) is 9.05. The zero-order chi connectivity index (χ0) is 11.3. The van der Waals surface area contributed by atoms with Crippen molar-refractivity contribution in [2.45, 2.75) is 19.8 Å². The molecule has 3 heteroatoms. The molecular weight excluding hydrogens is 195 g/mol. The number of halogens is 1. The summed E-state index contributed by atoms with van der Waals surface area (Å²) in [7, 11) is 1.49. The van der Waals surface area contributed by atoms with Gasteiger partial charge in [0, 0.05) is 13.5 Å². The molecule has 0 unspecified atom stereocenters. The van der Waals surface area contributed by atoms with Gasteiger partial charge in [0.15, 0.2) is 5.78 Å². The van der Waals surface area contributed by atoms with E-state index < -0.39 is 0 Å². The summed E-state index contributed by atoms with van der Waals surface area (Å²) in [6, 6.07) is 4.64. The minimum absolute atomic E-state index is 0.0427. The molecule has 2 nitrogen and oxygen atoms in total. The molecule has 0 saturated heterocycles. The van der Waals surface area contributed by atoms with E-state index in [-0.39, 0.29) is 18.2 Å². The van der Waals surface area contributed by atoms with Gasteiger partial charge in [-0.3, -0.25) is 4.79 Å². The maximum atomic E-state index is 12.9. The van der Waals surface area contributed by atoms with Crippen molar-refractivity contribution < 1.29 is 13.9 Å². The average molecular weight is 210 g/mol. The highest BCUT2D eigenvalue weighted by atomic mass is 19.1. The van der Waals surface area contributed by atoms with E-state index >= 15 is 0 Å². The fraction of sp³-hybridized carbons (Fsp3) is 0.417. The van der Waals surface area contributed by atoms with Gasteiger partial charge < -0.3 is 4.74 Å². The minimum Gasteiger partial charge on any atom is -0.377 e. The molecule has 1 rings (SSSR count). The van der Waals surface area contributed by atoms with Gasteiger partial charge in [-0.2, -0.15) is 0 Å². The predicted molar refractivity (Wildman–Crippen MR) is 56.3 cm³/mol. The smallest absolute Gasteiger partial charge is 0.158 e. The van der Waals surface area contributed by atoms with Crippen LogP contribution >= 0.6 is 0 Å². The van der Waals surface area contributed by atoms with Gasteiger partial charge in [-0.1, -0.05) is 6.07 Å². The van der Waals surface area contributed by atoms with Crippen molar-refractivity contribution in [1.82, 2.24) is 0 Å². The molecule has 1 aromatic rings. The molecule has 0 fully saturated rings. The third-order valence-corrected chi connectivity index (χ3v) is 2.29. The van der Waals surface area contributed by atoms with Crippen LogP contribution < -0.4 is 0 Å². The first-order chi connectivity index (χ1) is 7.13. The molecule has 0 aliphatic heterocycles. The molecule has 0 amide bonds. The molecule has 0 atom stereocenters. The molecule has 0 aliphatic carbocycles. The lowest BCUT2D eigenvalue weighted by molar-refractivity contribution is -0.122. The molecule has 1 aromatic carbocycles. The predicted octanol–water partition coefficient (Wildman–Crippen LogP) is 2.28. The van der Waals surface area contributed by atoms with E-state index in [0.717, 1.165) is 11.1 Å². The van der Waals surface area contributed by atoms with E-state index in [2.05, 4.69) is 0 Å². The average Bonchev–Trinajstić information content (AvgIpc) is 2.20. The fourth-order valence-electron chi connectivity index (χ4n) is 1.42. The molecule has 15 heavy (non-hydrogen) atoms. The minimum atomic E-state index is -0.255. The van der Waals surface area contributed by atoms with Gasteiger partial charge >= 0.3 is 0 Å². The summed E-state index contributed by atoms with van der Waals surface area (Å²) in [5.41, 5.74) is 1.90. The first-order valence-corrected chi connectivity index (χ1v) is 4.89. The summed E-state index contributed by atoms with van der Waals surface area (Å²) >= 11 is 0. The van der Waals surface area contributed by atoms with Crippen LogP contribution in [0.25, 0.3) is 0 Å². The lowest BCUT2D eigenvalue weighted by Gasteiger charge is -2.05. The number of carbonyl (C=O) groups is 1. The normalized spacial score (nSPS) is 10.3. The molecule has 0 heterocycles. The van der Waals surface area contributed by atoms with E-state index in [9.17, 15) is 9.18 Å². The number of carbonyl (C=O) groups excluding carboxylic acids is 1. The molecule has 82 valence electrons. The maximum absolute atomic E-state index is 12.9. The molecule has 0 radical (unpaired) electrons. The second-order valence-electron chi connectivity index (χ2n) is 3.54. The van der Waals surface area contributed by atoms with Crippen molar-refractivity contribution in [2.24, 2.45) is 0 Å². The highest BCUT2D eigenvalue weighted by Crippen LogP contribution is 2.12. The number of hydrogen-bond donors (Lipinski definition) is 0. The van der Waals surface area contributed by atoms with Gasteiger partial charge in [0.1, 0.15) is 12.4 Å². The van der Waals surface area contributed by atoms with Crippen LogP contribution in [0.3, 0.4) is 0 Å². The molecule has 0 spiro atoms. The second-order valence-corrected chi connectivity index (χ2v) is 3.54. The lowest BCUT2D eigenvalue weighted by atomic mass is 10.0. The van der Waals surface area contributed by atoms with Crippen LogP contribution in [0.4, 0.5) is 4.39 Å². The third kappa shape index (κ3) is 3.80. The lowest BCUT2D eigenvalue weighted by Crippen LogP contribution is -2.08. The van der Waals surface area contributed by atoms with Gasteiger partial charge in [-0.25, -0.2) is 4.39 Å². The van der Waals surface area contributed by atoms with E-state index in [1.165, 1.54) is 19.2 Å². The van der Waals surface area contributed by atoms with Crippen molar-refractivity contribution in [3.8, 4) is 0 Å². The third-order valence-electron chi connectivity index (χ3n) is 2.29. The molecule has 0 aromatic heterocycles. The number of methoxy groups -OCH3 is 1. The van der Waals surface area contributed by atoms with Crippen LogP contribution in [0, 0.1) is 12.7 Å². The van der Waals surface area contributed by atoms with E-state index in [1.54, 1.807) is 6.07 Å². The van der Waals surface area contributed by atoms with Crippen molar-refractivity contribution in [1.29, 1.82) is 0 Å². The molecular formula is C12H15FO2.